The molecule has 1 fully saturated rings. The number of anilines is 1. The highest BCUT2D eigenvalue weighted by atomic mass is 16.2. The van der Waals surface area contributed by atoms with Gasteiger partial charge in [-0.25, -0.2) is 0 Å². The van der Waals surface area contributed by atoms with Gasteiger partial charge in [-0.15, -0.1) is 0 Å². The number of nitrogens with zero attached hydrogens (tertiary/aromatic N) is 4. The molecule has 1 aliphatic heterocycles. The summed E-state index contributed by atoms with van der Waals surface area (Å²) in [6.07, 6.45) is 1.95. The van der Waals surface area contributed by atoms with Crippen LogP contribution in [0.2, 0.25) is 0 Å². The SMILES string of the molecule is CCCc1cc(C(=O)N2CCN(c3ccccc3C)CC2C)n(C)n1. The lowest BCUT2D eigenvalue weighted by molar-refractivity contribution is 0.0663. The van der Waals surface area contributed by atoms with E-state index >= 15 is 0 Å². The topological polar surface area (TPSA) is 41.4 Å². The van der Waals surface area contributed by atoms with Gasteiger partial charge in [-0.2, -0.15) is 5.10 Å². The summed E-state index contributed by atoms with van der Waals surface area (Å²) in [4.78, 5) is 17.4. The van der Waals surface area contributed by atoms with Gasteiger partial charge >= 0.3 is 0 Å². The van der Waals surface area contributed by atoms with Crippen LogP contribution in [0.25, 0.3) is 0 Å². The molecule has 0 saturated carbocycles. The lowest BCUT2D eigenvalue weighted by Gasteiger charge is -2.41. The molecule has 5 nitrogen and oxygen atoms in total. The zero-order valence-electron chi connectivity index (χ0n) is 15.7. The number of carbonyl (C=O) groups is 1. The first-order chi connectivity index (χ1) is 12.0. The molecular formula is C20H28N4O. The molecule has 25 heavy (non-hydrogen) atoms. The summed E-state index contributed by atoms with van der Waals surface area (Å²) in [6.45, 7) is 8.86. The maximum atomic E-state index is 13.0. The lowest BCUT2D eigenvalue weighted by atomic mass is 10.1. The second kappa shape index (κ2) is 7.30. The molecule has 134 valence electrons. The van der Waals surface area contributed by atoms with Gasteiger partial charge in [0.2, 0.25) is 0 Å². The highest BCUT2D eigenvalue weighted by Crippen LogP contribution is 2.23. The number of piperazine rings is 1. The number of amides is 1. The fourth-order valence-corrected chi connectivity index (χ4v) is 3.65. The lowest BCUT2D eigenvalue weighted by Crippen LogP contribution is -2.54. The Morgan fingerprint density at radius 3 is 2.72 bits per heavy atom. The predicted octanol–water partition coefficient (Wildman–Crippen LogP) is 3.03. The van der Waals surface area contributed by atoms with Crippen molar-refractivity contribution in [3.63, 3.8) is 0 Å². The highest BCUT2D eigenvalue weighted by molar-refractivity contribution is 5.93. The molecule has 2 aromatic rings. The number of para-hydroxylation sites is 1. The van der Waals surface area contributed by atoms with Crippen molar-refractivity contribution in [1.29, 1.82) is 0 Å². The zero-order chi connectivity index (χ0) is 18.0. The summed E-state index contributed by atoms with van der Waals surface area (Å²) in [5, 5.41) is 4.47. The molecule has 1 unspecified atom stereocenters. The molecule has 0 bridgehead atoms. The van der Waals surface area contributed by atoms with Gasteiger partial charge in [0, 0.05) is 38.4 Å². The summed E-state index contributed by atoms with van der Waals surface area (Å²) in [5.74, 6) is 0.0919. The smallest absolute Gasteiger partial charge is 0.272 e. The van der Waals surface area contributed by atoms with Crippen molar-refractivity contribution in [1.82, 2.24) is 14.7 Å². The summed E-state index contributed by atoms with van der Waals surface area (Å²) in [5.41, 5.74) is 4.25. The molecule has 3 rings (SSSR count). The molecule has 1 amide bonds. The molecule has 2 heterocycles. The second-order valence-electron chi connectivity index (χ2n) is 6.97. The largest absolute Gasteiger partial charge is 0.367 e. The molecule has 1 aromatic carbocycles. The van der Waals surface area contributed by atoms with Gasteiger partial charge in [0.25, 0.3) is 5.91 Å². The van der Waals surface area contributed by atoms with Crippen molar-refractivity contribution in [3.8, 4) is 0 Å². The normalized spacial score (nSPS) is 17.8. The quantitative estimate of drug-likeness (QED) is 0.859. The Kier molecular flexibility index (Phi) is 5.11. The average Bonchev–Trinajstić information content (AvgIpc) is 2.95. The van der Waals surface area contributed by atoms with Crippen molar-refractivity contribution in [3.05, 3.63) is 47.3 Å². The van der Waals surface area contributed by atoms with Gasteiger partial charge in [0.05, 0.1) is 5.69 Å². The van der Waals surface area contributed by atoms with E-state index in [9.17, 15) is 4.79 Å². The van der Waals surface area contributed by atoms with Gasteiger partial charge in [0.15, 0.2) is 0 Å². The van der Waals surface area contributed by atoms with Crippen molar-refractivity contribution < 1.29 is 4.79 Å². The molecule has 1 aliphatic rings. The monoisotopic (exact) mass is 340 g/mol. The van der Waals surface area contributed by atoms with Crippen LogP contribution in [0, 0.1) is 6.92 Å². The van der Waals surface area contributed by atoms with Crippen LogP contribution in [-0.4, -0.2) is 46.3 Å². The zero-order valence-corrected chi connectivity index (χ0v) is 15.7. The van der Waals surface area contributed by atoms with E-state index in [0.29, 0.717) is 5.69 Å². The van der Waals surface area contributed by atoms with Crippen LogP contribution in [0.5, 0.6) is 0 Å². The van der Waals surface area contributed by atoms with E-state index in [-0.39, 0.29) is 11.9 Å². The Labute approximate surface area is 150 Å². The second-order valence-corrected chi connectivity index (χ2v) is 6.97. The molecular weight excluding hydrogens is 312 g/mol. The fraction of sp³-hybridized carbons (Fsp3) is 0.500. The third-order valence-electron chi connectivity index (χ3n) is 5.00. The number of hydrogen-bond donors (Lipinski definition) is 0. The number of aryl methyl sites for hydroxylation is 3. The first-order valence-corrected chi connectivity index (χ1v) is 9.15. The van der Waals surface area contributed by atoms with E-state index in [1.165, 1.54) is 11.3 Å². The minimum absolute atomic E-state index is 0.0919. The average molecular weight is 340 g/mol. The fourth-order valence-electron chi connectivity index (χ4n) is 3.65. The Hall–Kier alpha value is -2.30. The van der Waals surface area contributed by atoms with E-state index in [0.717, 1.165) is 38.2 Å². The van der Waals surface area contributed by atoms with Crippen molar-refractivity contribution in [2.24, 2.45) is 7.05 Å². The van der Waals surface area contributed by atoms with E-state index < -0.39 is 0 Å². The Balaban J connectivity index is 1.73. The maximum absolute atomic E-state index is 13.0. The van der Waals surface area contributed by atoms with E-state index in [4.69, 9.17) is 0 Å². The van der Waals surface area contributed by atoms with Crippen LogP contribution >= 0.6 is 0 Å². The van der Waals surface area contributed by atoms with Crippen molar-refractivity contribution in [2.45, 2.75) is 39.7 Å². The van der Waals surface area contributed by atoms with Crippen LogP contribution < -0.4 is 4.90 Å². The third-order valence-corrected chi connectivity index (χ3v) is 5.00. The van der Waals surface area contributed by atoms with Crippen LogP contribution in [0.15, 0.2) is 30.3 Å². The van der Waals surface area contributed by atoms with Crippen LogP contribution in [0.1, 0.15) is 42.0 Å². The Bertz CT molecular complexity index is 752. The van der Waals surface area contributed by atoms with Gasteiger partial charge < -0.3 is 9.80 Å². The number of hydrogen-bond acceptors (Lipinski definition) is 3. The summed E-state index contributed by atoms with van der Waals surface area (Å²) < 4.78 is 1.73. The summed E-state index contributed by atoms with van der Waals surface area (Å²) in [6, 6.07) is 10.6. The van der Waals surface area contributed by atoms with Crippen LogP contribution in [-0.2, 0) is 13.5 Å². The van der Waals surface area contributed by atoms with Gasteiger partial charge in [-0.05, 0) is 38.0 Å². The van der Waals surface area contributed by atoms with Crippen molar-refractivity contribution >= 4 is 11.6 Å². The molecule has 5 heteroatoms. The minimum Gasteiger partial charge on any atom is -0.367 e. The van der Waals surface area contributed by atoms with Gasteiger partial charge in [-0.3, -0.25) is 9.48 Å². The third kappa shape index (κ3) is 3.55. The number of benzene rings is 1. The number of carbonyl (C=O) groups excluding carboxylic acids is 1. The number of aromatic nitrogens is 2. The van der Waals surface area contributed by atoms with E-state index in [1.54, 1.807) is 4.68 Å². The molecule has 1 atom stereocenters. The number of rotatable bonds is 4. The standard InChI is InChI=1S/C20H28N4O/c1-5-8-17-13-19(22(4)21-17)20(25)24-12-11-23(14-16(24)3)18-10-7-6-9-15(18)2/h6-7,9-10,13,16H,5,8,11-12,14H2,1-4H3. The Morgan fingerprint density at radius 2 is 2.04 bits per heavy atom. The summed E-state index contributed by atoms with van der Waals surface area (Å²) in [7, 11) is 1.86. The first kappa shape index (κ1) is 17.5. The van der Waals surface area contributed by atoms with Gasteiger partial charge in [-0.1, -0.05) is 31.5 Å². The van der Waals surface area contributed by atoms with E-state index in [2.05, 4.69) is 55.0 Å². The molecule has 1 saturated heterocycles. The van der Waals surface area contributed by atoms with Gasteiger partial charge in [0.1, 0.15) is 5.69 Å². The molecule has 0 radical (unpaired) electrons. The molecule has 0 N–H and O–H groups in total. The van der Waals surface area contributed by atoms with Crippen LogP contribution in [0.3, 0.4) is 0 Å². The van der Waals surface area contributed by atoms with Crippen molar-refractivity contribution in [2.75, 3.05) is 24.5 Å². The summed E-state index contributed by atoms with van der Waals surface area (Å²) >= 11 is 0. The van der Waals surface area contributed by atoms with E-state index in [1.807, 2.05) is 18.0 Å². The molecule has 0 spiro atoms. The molecule has 1 aromatic heterocycles. The maximum Gasteiger partial charge on any atom is 0.272 e. The van der Waals surface area contributed by atoms with Crippen LogP contribution in [0.4, 0.5) is 5.69 Å². The molecule has 0 aliphatic carbocycles. The predicted molar refractivity (Wildman–Crippen MR) is 101 cm³/mol. The minimum atomic E-state index is 0.0919. The highest BCUT2D eigenvalue weighted by Gasteiger charge is 2.30. The Morgan fingerprint density at radius 1 is 1.28 bits per heavy atom. The first-order valence-electron chi connectivity index (χ1n) is 9.15.